The number of likely N-dealkylation sites (tertiary alicyclic amines) is 1. The highest BCUT2D eigenvalue weighted by molar-refractivity contribution is 4.95. The lowest BCUT2D eigenvalue weighted by Gasteiger charge is -2.49. The quantitative estimate of drug-likeness (QED) is 0.573. The van der Waals surface area contributed by atoms with Crippen LogP contribution in [-0.4, -0.2) is 49.8 Å². The molecule has 1 saturated heterocycles. The van der Waals surface area contributed by atoms with Crippen LogP contribution in [0.25, 0.3) is 0 Å². The first-order valence-corrected chi connectivity index (χ1v) is 8.27. The first kappa shape index (κ1) is 16.0. The summed E-state index contributed by atoms with van der Waals surface area (Å²) in [5.74, 6) is 1.68. The third kappa shape index (κ3) is 4.31. The van der Waals surface area contributed by atoms with Crippen LogP contribution in [0.15, 0.2) is 12.2 Å². The highest BCUT2D eigenvalue weighted by Crippen LogP contribution is 2.35. The van der Waals surface area contributed by atoms with Gasteiger partial charge in [0.25, 0.3) is 0 Å². The lowest BCUT2D eigenvalue weighted by atomic mass is 9.73. The van der Waals surface area contributed by atoms with E-state index in [1.54, 1.807) is 0 Å². The number of rotatable bonds is 7. The van der Waals surface area contributed by atoms with Gasteiger partial charge in [-0.3, -0.25) is 0 Å². The monoisotopic (exact) mass is 280 g/mol. The molecule has 116 valence electrons. The SMILES string of the molecule is C=C(C)COCCNC1C2CCCC1CN(C(C)C)C2. The maximum Gasteiger partial charge on any atom is 0.0672 e. The largest absolute Gasteiger partial charge is 0.376 e. The second-order valence-corrected chi connectivity index (χ2v) is 6.99. The van der Waals surface area contributed by atoms with E-state index in [0.717, 1.165) is 30.6 Å². The number of hydrogen-bond acceptors (Lipinski definition) is 3. The maximum absolute atomic E-state index is 5.60. The van der Waals surface area contributed by atoms with Gasteiger partial charge in [0, 0.05) is 31.7 Å². The summed E-state index contributed by atoms with van der Waals surface area (Å²) in [5, 5.41) is 3.78. The van der Waals surface area contributed by atoms with Crippen LogP contribution in [0.5, 0.6) is 0 Å². The molecule has 3 heteroatoms. The fraction of sp³-hybridized carbons (Fsp3) is 0.882. The minimum atomic E-state index is 0.693. The first-order valence-electron chi connectivity index (χ1n) is 8.27. The maximum atomic E-state index is 5.60. The first-order chi connectivity index (χ1) is 9.58. The van der Waals surface area contributed by atoms with Gasteiger partial charge >= 0.3 is 0 Å². The Bertz CT molecular complexity index is 302. The van der Waals surface area contributed by atoms with Crippen molar-refractivity contribution in [1.29, 1.82) is 0 Å². The highest BCUT2D eigenvalue weighted by atomic mass is 16.5. The van der Waals surface area contributed by atoms with Crippen molar-refractivity contribution in [2.75, 3.05) is 32.8 Å². The van der Waals surface area contributed by atoms with Crippen LogP contribution in [0.1, 0.15) is 40.0 Å². The molecule has 2 atom stereocenters. The van der Waals surface area contributed by atoms with Crippen molar-refractivity contribution < 1.29 is 4.74 Å². The van der Waals surface area contributed by atoms with E-state index in [1.165, 1.54) is 32.4 Å². The molecule has 2 rings (SSSR count). The Morgan fingerprint density at radius 3 is 2.50 bits per heavy atom. The summed E-state index contributed by atoms with van der Waals surface area (Å²) >= 11 is 0. The summed E-state index contributed by atoms with van der Waals surface area (Å²) in [7, 11) is 0. The van der Waals surface area contributed by atoms with Crippen molar-refractivity contribution in [3.8, 4) is 0 Å². The van der Waals surface area contributed by atoms with Gasteiger partial charge in [0.15, 0.2) is 0 Å². The van der Waals surface area contributed by atoms with Crippen LogP contribution in [-0.2, 0) is 4.74 Å². The molecular weight excluding hydrogens is 248 g/mol. The molecule has 0 aromatic rings. The number of nitrogens with zero attached hydrogens (tertiary/aromatic N) is 1. The van der Waals surface area contributed by atoms with Gasteiger partial charge < -0.3 is 15.0 Å². The summed E-state index contributed by atoms with van der Waals surface area (Å²) in [6.07, 6.45) is 4.21. The van der Waals surface area contributed by atoms with Crippen LogP contribution >= 0.6 is 0 Å². The number of fused-ring (bicyclic) bond motifs is 2. The predicted molar refractivity (Wildman–Crippen MR) is 85.0 cm³/mol. The van der Waals surface area contributed by atoms with E-state index < -0.39 is 0 Å². The lowest BCUT2D eigenvalue weighted by Crippen LogP contribution is -2.58. The van der Waals surface area contributed by atoms with Gasteiger partial charge in [-0.15, -0.1) is 0 Å². The number of hydrogen-bond donors (Lipinski definition) is 1. The zero-order chi connectivity index (χ0) is 14.5. The average molecular weight is 280 g/mol. The molecule has 2 bridgehead atoms. The Hall–Kier alpha value is -0.380. The zero-order valence-corrected chi connectivity index (χ0v) is 13.5. The Balaban J connectivity index is 1.76. The molecule has 1 aliphatic heterocycles. The van der Waals surface area contributed by atoms with Crippen LogP contribution in [0.4, 0.5) is 0 Å². The minimum Gasteiger partial charge on any atom is -0.376 e. The molecule has 1 aliphatic carbocycles. The van der Waals surface area contributed by atoms with E-state index in [2.05, 4.69) is 30.6 Å². The van der Waals surface area contributed by atoms with Crippen LogP contribution in [0.3, 0.4) is 0 Å². The average Bonchev–Trinajstić information content (AvgIpc) is 2.36. The highest BCUT2D eigenvalue weighted by Gasteiger charge is 2.39. The Morgan fingerprint density at radius 1 is 1.30 bits per heavy atom. The van der Waals surface area contributed by atoms with Gasteiger partial charge in [0.2, 0.25) is 0 Å². The summed E-state index contributed by atoms with van der Waals surface area (Å²) < 4.78 is 5.60. The molecule has 1 heterocycles. The minimum absolute atomic E-state index is 0.693. The molecule has 2 fully saturated rings. The number of ether oxygens (including phenoxy) is 1. The molecule has 2 unspecified atom stereocenters. The summed E-state index contributed by atoms with van der Waals surface area (Å²) in [4.78, 5) is 2.67. The smallest absolute Gasteiger partial charge is 0.0672 e. The standard InChI is InChI=1S/C17H32N2O/c1-13(2)12-20-9-8-18-17-15-6-5-7-16(17)11-19(10-15)14(3)4/h14-18H,1,5-12H2,2-4H3. The molecule has 2 aliphatic rings. The zero-order valence-electron chi connectivity index (χ0n) is 13.5. The van der Waals surface area contributed by atoms with Crippen molar-refractivity contribution in [3.05, 3.63) is 12.2 Å². The van der Waals surface area contributed by atoms with Crippen molar-refractivity contribution in [1.82, 2.24) is 10.2 Å². The van der Waals surface area contributed by atoms with Gasteiger partial charge in [0.1, 0.15) is 0 Å². The van der Waals surface area contributed by atoms with E-state index in [4.69, 9.17) is 4.74 Å². The van der Waals surface area contributed by atoms with Crippen LogP contribution in [0.2, 0.25) is 0 Å². The summed E-state index contributed by atoms with van der Waals surface area (Å²) in [5.41, 5.74) is 1.10. The third-order valence-corrected chi connectivity index (χ3v) is 4.81. The molecule has 3 nitrogen and oxygen atoms in total. The van der Waals surface area contributed by atoms with Crippen molar-refractivity contribution in [2.45, 2.75) is 52.1 Å². The third-order valence-electron chi connectivity index (χ3n) is 4.81. The second kappa shape index (κ2) is 7.58. The van der Waals surface area contributed by atoms with Gasteiger partial charge in [-0.1, -0.05) is 18.6 Å². The van der Waals surface area contributed by atoms with E-state index in [-0.39, 0.29) is 0 Å². The fourth-order valence-electron chi connectivity index (χ4n) is 3.77. The Labute approximate surface area is 124 Å². The molecule has 0 spiro atoms. The Morgan fingerprint density at radius 2 is 1.95 bits per heavy atom. The van der Waals surface area contributed by atoms with Gasteiger partial charge in [0.05, 0.1) is 13.2 Å². The molecule has 20 heavy (non-hydrogen) atoms. The Kier molecular flexibility index (Phi) is 6.06. The molecule has 1 saturated carbocycles. The van der Waals surface area contributed by atoms with Crippen LogP contribution < -0.4 is 5.32 Å². The van der Waals surface area contributed by atoms with Gasteiger partial charge in [-0.05, 0) is 45.4 Å². The molecule has 1 N–H and O–H groups in total. The molecule has 0 radical (unpaired) electrons. The van der Waals surface area contributed by atoms with E-state index in [1.807, 2.05) is 6.92 Å². The lowest BCUT2D eigenvalue weighted by molar-refractivity contribution is 0.0262. The molecule has 0 amide bonds. The second-order valence-electron chi connectivity index (χ2n) is 6.99. The predicted octanol–water partition coefficient (Wildman–Crippen LogP) is 2.68. The van der Waals surface area contributed by atoms with E-state index >= 15 is 0 Å². The topological polar surface area (TPSA) is 24.5 Å². The van der Waals surface area contributed by atoms with Gasteiger partial charge in [-0.25, -0.2) is 0 Å². The van der Waals surface area contributed by atoms with E-state index in [9.17, 15) is 0 Å². The number of nitrogens with one attached hydrogen (secondary N) is 1. The van der Waals surface area contributed by atoms with Gasteiger partial charge in [-0.2, -0.15) is 0 Å². The van der Waals surface area contributed by atoms with Crippen LogP contribution in [0, 0.1) is 11.8 Å². The molecule has 0 aromatic heterocycles. The normalized spacial score (nSPS) is 30.7. The summed E-state index contributed by atoms with van der Waals surface area (Å²) in [6.45, 7) is 15.6. The van der Waals surface area contributed by atoms with Crippen molar-refractivity contribution >= 4 is 0 Å². The summed E-state index contributed by atoms with van der Waals surface area (Å²) in [6, 6.07) is 1.41. The fourth-order valence-corrected chi connectivity index (χ4v) is 3.77. The van der Waals surface area contributed by atoms with E-state index in [0.29, 0.717) is 18.7 Å². The molecular formula is C17H32N2O. The number of piperidine rings is 1. The van der Waals surface area contributed by atoms with Crippen molar-refractivity contribution in [3.63, 3.8) is 0 Å². The molecule has 0 aromatic carbocycles. The van der Waals surface area contributed by atoms with Crippen molar-refractivity contribution in [2.24, 2.45) is 11.8 Å².